The first-order chi connectivity index (χ1) is 7.59. The van der Waals surface area contributed by atoms with E-state index in [2.05, 4.69) is 10.6 Å². The zero-order valence-corrected chi connectivity index (χ0v) is 8.93. The van der Waals surface area contributed by atoms with Gasteiger partial charge in [-0.3, -0.25) is 4.79 Å². The molecule has 0 heterocycles. The first kappa shape index (κ1) is 12.0. The third-order valence-corrected chi connectivity index (χ3v) is 2.04. The molecule has 0 spiro atoms. The van der Waals surface area contributed by atoms with Crippen molar-refractivity contribution in [3.8, 4) is 0 Å². The maximum absolute atomic E-state index is 11.4. The Hall–Kier alpha value is -2.04. The summed E-state index contributed by atoms with van der Waals surface area (Å²) in [6.45, 7) is 1.89. The fraction of sp³-hybridized carbons (Fsp3) is 0.273. The maximum atomic E-state index is 11.4. The van der Waals surface area contributed by atoms with E-state index in [0.717, 1.165) is 5.56 Å². The molecule has 86 valence electrons. The van der Waals surface area contributed by atoms with Gasteiger partial charge in [0.25, 0.3) is 0 Å². The Bertz CT molecular complexity index is 365. The molecule has 2 amide bonds. The first-order valence-corrected chi connectivity index (χ1v) is 4.90. The lowest BCUT2D eigenvalue weighted by molar-refractivity contribution is -0.122. The minimum absolute atomic E-state index is 0.341. The van der Waals surface area contributed by atoms with Crippen LogP contribution < -0.4 is 10.6 Å². The normalized spacial score (nSPS) is 11.6. The second kappa shape index (κ2) is 5.75. The summed E-state index contributed by atoms with van der Waals surface area (Å²) in [6.07, 6.45) is -1.21. The molecule has 5 heteroatoms. The topological polar surface area (TPSA) is 78.4 Å². The third kappa shape index (κ3) is 4.00. The molecule has 0 bridgehead atoms. The molecule has 1 aromatic rings. The van der Waals surface area contributed by atoms with Crippen LogP contribution in [0.25, 0.3) is 0 Å². The standard InChI is InChI=1S/C11H14N2O3/c1-8(13-11(15)16)10(14)12-7-9-5-3-2-4-6-9/h2-6,8,13H,7H2,1H3,(H,12,14)(H,15,16)/t8-/m0/s1. The van der Waals surface area contributed by atoms with Crippen molar-refractivity contribution in [2.24, 2.45) is 0 Å². The Morgan fingerprint density at radius 2 is 1.94 bits per heavy atom. The lowest BCUT2D eigenvalue weighted by Gasteiger charge is -2.11. The van der Waals surface area contributed by atoms with Crippen LogP contribution in [0, 0.1) is 0 Å². The molecule has 0 aliphatic carbocycles. The van der Waals surface area contributed by atoms with Crippen LogP contribution in [-0.4, -0.2) is 23.1 Å². The summed E-state index contributed by atoms with van der Waals surface area (Å²) in [5.74, 6) is -0.341. The Morgan fingerprint density at radius 1 is 1.31 bits per heavy atom. The van der Waals surface area contributed by atoms with Crippen molar-refractivity contribution >= 4 is 12.0 Å². The number of carbonyl (C=O) groups excluding carboxylic acids is 1. The van der Waals surface area contributed by atoms with Gasteiger partial charge in [-0.25, -0.2) is 4.79 Å². The molecular formula is C11H14N2O3. The first-order valence-electron chi connectivity index (χ1n) is 4.90. The molecule has 1 rings (SSSR count). The summed E-state index contributed by atoms with van der Waals surface area (Å²) in [6, 6.07) is 8.66. The number of amides is 2. The fourth-order valence-electron chi connectivity index (χ4n) is 1.19. The van der Waals surface area contributed by atoms with Crippen molar-refractivity contribution in [2.45, 2.75) is 19.5 Å². The maximum Gasteiger partial charge on any atom is 0.405 e. The smallest absolute Gasteiger partial charge is 0.405 e. The minimum atomic E-state index is -1.21. The van der Waals surface area contributed by atoms with Crippen LogP contribution in [0.3, 0.4) is 0 Å². The average molecular weight is 222 g/mol. The molecule has 16 heavy (non-hydrogen) atoms. The van der Waals surface area contributed by atoms with Gasteiger partial charge in [0.1, 0.15) is 6.04 Å². The van der Waals surface area contributed by atoms with Crippen LogP contribution in [0.1, 0.15) is 12.5 Å². The van der Waals surface area contributed by atoms with E-state index in [0.29, 0.717) is 6.54 Å². The SMILES string of the molecule is C[C@H](NC(=O)O)C(=O)NCc1ccccc1. The quantitative estimate of drug-likeness (QED) is 0.710. The van der Waals surface area contributed by atoms with Crippen LogP contribution in [0.4, 0.5) is 4.79 Å². The summed E-state index contributed by atoms with van der Waals surface area (Å²) in [4.78, 5) is 21.7. The van der Waals surface area contributed by atoms with Gasteiger partial charge in [-0.05, 0) is 12.5 Å². The largest absolute Gasteiger partial charge is 0.465 e. The Labute approximate surface area is 93.5 Å². The number of carbonyl (C=O) groups is 2. The van der Waals surface area contributed by atoms with E-state index >= 15 is 0 Å². The fourth-order valence-corrected chi connectivity index (χ4v) is 1.19. The zero-order chi connectivity index (χ0) is 12.0. The van der Waals surface area contributed by atoms with Gasteiger partial charge in [0.05, 0.1) is 0 Å². The minimum Gasteiger partial charge on any atom is -0.465 e. The summed E-state index contributed by atoms with van der Waals surface area (Å²) in [7, 11) is 0. The highest BCUT2D eigenvalue weighted by Crippen LogP contribution is 1.97. The van der Waals surface area contributed by atoms with Crippen molar-refractivity contribution in [2.75, 3.05) is 0 Å². The molecule has 0 aliphatic rings. The van der Waals surface area contributed by atoms with Crippen LogP contribution in [0.15, 0.2) is 30.3 Å². The van der Waals surface area contributed by atoms with Crippen molar-refractivity contribution in [3.63, 3.8) is 0 Å². The second-order valence-electron chi connectivity index (χ2n) is 3.37. The van der Waals surface area contributed by atoms with Gasteiger partial charge in [0.2, 0.25) is 5.91 Å². The van der Waals surface area contributed by atoms with Crippen LogP contribution in [0.5, 0.6) is 0 Å². The van der Waals surface area contributed by atoms with Gasteiger partial charge in [0, 0.05) is 6.54 Å². The molecule has 0 saturated heterocycles. The predicted octanol–water partition coefficient (Wildman–Crippen LogP) is 0.959. The molecule has 0 saturated carbocycles. The summed E-state index contributed by atoms with van der Waals surface area (Å²) < 4.78 is 0. The lowest BCUT2D eigenvalue weighted by atomic mass is 10.2. The van der Waals surface area contributed by atoms with E-state index in [9.17, 15) is 9.59 Å². The zero-order valence-electron chi connectivity index (χ0n) is 8.93. The molecule has 0 aromatic heterocycles. The summed E-state index contributed by atoms with van der Waals surface area (Å²) >= 11 is 0. The van der Waals surface area contributed by atoms with Crippen molar-refractivity contribution < 1.29 is 14.7 Å². The predicted molar refractivity (Wildman–Crippen MR) is 58.9 cm³/mol. The Balaban J connectivity index is 2.38. The van der Waals surface area contributed by atoms with E-state index in [1.165, 1.54) is 6.92 Å². The van der Waals surface area contributed by atoms with E-state index in [4.69, 9.17) is 5.11 Å². The highest BCUT2D eigenvalue weighted by Gasteiger charge is 2.13. The van der Waals surface area contributed by atoms with E-state index in [1.54, 1.807) is 0 Å². The molecule has 0 radical (unpaired) electrons. The van der Waals surface area contributed by atoms with Crippen LogP contribution >= 0.6 is 0 Å². The Morgan fingerprint density at radius 3 is 2.50 bits per heavy atom. The van der Waals surface area contributed by atoms with Crippen molar-refractivity contribution in [1.82, 2.24) is 10.6 Å². The molecule has 1 atom stereocenters. The van der Waals surface area contributed by atoms with Gasteiger partial charge >= 0.3 is 6.09 Å². The number of benzene rings is 1. The molecular weight excluding hydrogens is 208 g/mol. The van der Waals surface area contributed by atoms with Crippen molar-refractivity contribution in [1.29, 1.82) is 0 Å². The third-order valence-electron chi connectivity index (χ3n) is 2.04. The van der Waals surface area contributed by atoms with E-state index in [-0.39, 0.29) is 5.91 Å². The number of carboxylic acid groups (broad SMARTS) is 1. The van der Waals surface area contributed by atoms with Crippen molar-refractivity contribution in [3.05, 3.63) is 35.9 Å². The molecule has 0 fully saturated rings. The monoisotopic (exact) mass is 222 g/mol. The van der Waals surface area contributed by atoms with Crippen LogP contribution in [-0.2, 0) is 11.3 Å². The highest BCUT2D eigenvalue weighted by atomic mass is 16.4. The van der Waals surface area contributed by atoms with Gasteiger partial charge in [-0.15, -0.1) is 0 Å². The van der Waals surface area contributed by atoms with Gasteiger partial charge in [-0.1, -0.05) is 30.3 Å². The number of hydrogen-bond acceptors (Lipinski definition) is 2. The molecule has 5 nitrogen and oxygen atoms in total. The van der Waals surface area contributed by atoms with Gasteiger partial charge < -0.3 is 15.7 Å². The lowest BCUT2D eigenvalue weighted by Crippen LogP contribution is -2.43. The molecule has 1 aromatic carbocycles. The van der Waals surface area contributed by atoms with Gasteiger partial charge in [-0.2, -0.15) is 0 Å². The van der Waals surface area contributed by atoms with Gasteiger partial charge in [0.15, 0.2) is 0 Å². The van der Waals surface area contributed by atoms with E-state index < -0.39 is 12.1 Å². The molecule has 0 aliphatic heterocycles. The summed E-state index contributed by atoms with van der Waals surface area (Å²) in [5, 5.41) is 13.1. The van der Waals surface area contributed by atoms with Crippen LogP contribution in [0.2, 0.25) is 0 Å². The highest BCUT2D eigenvalue weighted by molar-refractivity contribution is 5.84. The number of nitrogens with one attached hydrogen (secondary N) is 2. The van der Waals surface area contributed by atoms with E-state index in [1.807, 2.05) is 30.3 Å². The second-order valence-corrected chi connectivity index (χ2v) is 3.37. The molecule has 0 unspecified atom stereocenters. The number of hydrogen-bond donors (Lipinski definition) is 3. The number of rotatable bonds is 4. The average Bonchev–Trinajstić information content (AvgIpc) is 2.26. The Kier molecular flexibility index (Phi) is 4.32. The molecule has 3 N–H and O–H groups in total. The summed E-state index contributed by atoms with van der Waals surface area (Å²) in [5.41, 5.74) is 0.971.